The van der Waals surface area contributed by atoms with Gasteiger partial charge in [0.2, 0.25) is 0 Å². The third-order valence-electron chi connectivity index (χ3n) is 1.40. The topological polar surface area (TPSA) is 39.1 Å². The molecular formula is C5H10N3S. The molecule has 4 heteroatoms. The average Bonchev–Trinajstić information content (AvgIpc) is 1.90. The van der Waals surface area contributed by atoms with Crippen LogP contribution in [0.15, 0.2) is 0 Å². The van der Waals surface area contributed by atoms with E-state index in [-0.39, 0.29) is 5.11 Å². The van der Waals surface area contributed by atoms with Crippen molar-refractivity contribution in [1.82, 2.24) is 16.0 Å². The largest absolute Gasteiger partial charge is 0.345 e. The summed E-state index contributed by atoms with van der Waals surface area (Å²) in [6, 6.07) is 0. The van der Waals surface area contributed by atoms with E-state index in [0.717, 1.165) is 26.2 Å². The summed E-state index contributed by atoms with van der Waals surface area (Å²) in [5.74, 6) is 0. The fraction of sp³-hybridized carbons (Fsp3) is 0.800. The molecule has 0 saturated carbocycles. The Balaban J connectivity index is 2.31. The standard InChI is InChI=1S/C5H10N3S/c6-5(9)8-3-1-7-2-4-8/h6-7H,1-4H2. The highest BCUT2D eigenvalue weighted by atomic mass is 32.1. The van der Waals surface area contributed by atoms with Crippen molar-refractivity contribution in [3.05, 3.63) is 0 Å². The Labute approximate surface area is 60.2 Å². The van der Waals surface area contributed by atoms with E-state index >= 15 is 0 Å². The molecule has 0 atom stereocenters. The summed E-state index contributed by atoms with van der Waals surface area (Å²) in [6.07, 6.45) is 0. The number of rotatable bonds is 0. The van der Waals surface area contributed by atoms with Gasteiger partial charge in [0.05, 0.1) is 0 Å². The van der Waals surface area contributed by atoms with Crippen LogP contribution in [0.5, 0.6) is 0 Å². The molecule has 1 radical (unpaired) electrons. The fourth-order valence-corrected chi connectivity index (χ4v) is 1.05. The van der Waals surface area contributed by atoms with Crippen molar-refractivity contribution in [2.75, 3.05) is 26.2 Å². The molecule has 9 heavy (non-hydrogen) atoms. The third kappa shape index (κ3) is 1.80. The Morgan fingerprint density at radius 1 is 1.44 bits per heavy atom. The maximum Gasteiger partial charge on any atom is 0.187 e. The monoisotopic (exact) mass is 144 g/mol. The van der Waals surface area contributed by atoms with Crippen LogP contribution >= 0.6 is 12.2 Å². The van der Waals surface area contributed by atoms with E-state index < -0.39 is 0 Å². The van der Waals surface area contributed by atoms with Gasteiger partial charge in [-0.25, -0.2) is 0 Å². The maximum absolute atomic E-state index is 7.10. The van der Waals surface area contributed by atoms with E-state index in [1.807, 2.05) is 4.90 Å². The van der Waals surface area contributed by atoms with Crippen molar-refractivity contribution in [1.29, 1.82) is 0 Å². The van der Waals surface area contributed by atoms with Crippen LogP contribution in [0.2, 0.25) is 0 Å². The molecule has 0 aromatic heterocycles. The first kappa shape index (κ1) is 6.77. The first-order valence-corrected chi connectivity index (χ1v) is 3.43. The quantitative estimate of drug-likeness (QED) is 0.464. The van der Waals surface area contributed by atoms with Gasteiger partial charge in [0.1, 0.15) is 0 Å². The SMILES string of the molecule is [NH]C(=S)N1CCNCC1. The molecule has 1 aliphatic heterocycles. The molecule has 1 heterocycles. The van der Waals surface area contributed by atoms with E-state index in [1.54, 1.807) is 0 Å². The first-order valence-electron chi connectivity index (χ1n) is 3.02. The molecule has 0 bridgehead atoms. The number of thiocarbonyl (C=S) groups is 1. The number of nitrogens with zero attached hydrogens (tertiary/aromatic N) is 1. The zero-order valence-corrected chi connectivity index (χ0v) is 6.00. The van der Waals surface area contributed by atoms with Gasteiger partial charge in [-0.05, 0) is 12.2 Å². The zero-order valence-electron chi connectivity index (χ0n) is 5.18. The average molecular weight is 144 g/mol. The van der Waals surface area contributed by atoms with E-state index in [9.17, 15) is 0 Å². The van der Waals surface area contributed by atoms with Crippen molar-refractivity contribution >= 4 is 17.3 Å². The Morgan fingerprint density at radius 3 is 2.33 bits per heavy atom. The summed E-state index contributed by atoms with van der Waals surface area (Å²) in [5.41, 5.74) is 7.10. The molecule has 0 aliphatic carbocycles. The molecule has 51 valence electrons. The van der Waals surface area contributed by atoms with E-state index in [4.69, 9.17) is 5.73 Å². The lowest BCUT2D eigenvalue weighted by molar-refractivity contribution is 0.359. The normalized spacial score (nSPS) is 19.8. The molecule has 1 aliphatic rings. The lowest BCUT2D eigenvalue weighted by Crippen LogP contribution is -2.46. The van der Waals surface area contributed by atoms with Crippen LogP contribution in [-0.2, 0) is 0 Å². The number of nitrogens with one attached hydrogen (secondary N) is 2. The second kappa shape index (κ2) is 2.98. The van der Waals surface area contributed by atoms with E-state index in [1.165, 1.54) is 0 Å². The van der Waals surface area contributed by atoms with Crippen LogP contribution in [-0.4, -0.2) is 36.2 Å². The molecule has 1 fully saturated rings. The highest BCUT2D eigenvalue weighted by molar-refractivity contribution is 7.80. The van der Waals surface area contributed by atoms with Crippen molar-refractivity contribution < 1.29 is 0 Å². The Kier molecular flexibility index (Phi) is 2.24. The van der Waals surface area contributed by atoms with Crippen LogP contribution in [0.25, 0.3) is 0 Å². The molecule has 0 aromatic rings. The van der Waals surface area contributed by atoms with E-state index in [2.05, 4.69) is 17.5 Å². The zero-order chi connectivity index (χ0) is 6.69. The summed E-state index contributed by atoms with van der Waals surface area (Å²) in [5, 5.41) is 3.46. The highest BCUT2D eigenvalue weighted by Crippen LogP contribution is 1.90. The Morgan fingerprint density at radius 2 is 2.00 bits per heavy atom. The van der Waals surface area contributed by atoms with Gasteiger partial charge in [-0.2, -0.15) is 0 Å². The van der Waals surface area contributed by atoms with Gasteiger partial charge in [-0.15, -0.1) is 0 Å². The summed E-state index contributed by atoms with van der Waals surface area (Å²) in [7, 11) is 0. The predicted octanol–water partition coefficient (Wildman–Crippen LogP) is -0.541. The lowest BCUT2D eigenvalue weighted by Gasteiger charge is -2.26. The number of hydrogen-bond donors (Lipinski definition) is 1. The number of hydrogen-bond acceptors (Lipinski definition) is 2. The molecular weight excluding hydrogens is 134 g/mol. The molecule has 1 rings (SSSR count). The minimum absolute atomic E-state index is 0.275. The van der Waals surface area contributed by atoms with Crippen LogP contribution in [0, 0.1) is 0 Å². The molecule has 3 nitrogen and oxygen atoms in total. The van der Waals surface area contributed by atoms with Crippen LogP contribution in [0.3, 0.4) is 0 Å². The van der Waals surface area contributed by atoms with Crippen molar-refractivity contribution in [2.45, 2.75) is 0 Å². The predicted molar refractivity (Wildman–Crippen MR) is 40.1 cm³/mol. The first-order chi connectivity index (χ1) is 4.30. The van der Waals surface area contributed by atoms with Crippen molar-refractivity contribution in [3.63, 3.8) is 0 Å². The third-order valence-corrected chi connectivity index (χ3v) is 1.66. The number of piperazine rings is 1. The second-order valence-electron chi connectivity index (χ2n) is 2.04. The Bertz CT molecular complexity index is 109. The van der Waals surface area contributed by atoms with E-state index in [0.29, 0.717) is 0 Å². The molecule has 0 spiro atoms. The van der Waals surface area contributed by atoms with Crippen LogP contribution < -0.4 is 11.1 Å². The van der Waals surface area contributed by atoms with Crippen LogP contribution in [0.4, 0.5) is 0 Å². The highest BCUT2D eigenvalue weighted by Gasteiger charge is 2.09. The molecule has 1 saturated heterocycles. The van der Waals surface area contributed by atoms with Gasteiger partial charge in [-0.1, -0.05) is 0 Å². The van der Waals surface area contributed by atoms with Crippen molar-refractivity contribution in [3.8, 4) is 0 Å². The van der Waals surface area contributed by atoms with Crippen LogP contribution in [0.1, 0.15) is 0 Å². The lowest BCUT2D eigenvalue weighted by atomic mass is 10.4. The smallest absolute Gasteiger partial charge is 0.187 e. The minimum Gasteiger partial charge on any atom is -0.345 e. The van der Waals surface area contributed by atoms with Gasteiger partial charge in [0.15, 0.2) is 5.11 Å². The molecule has 0 amide bonds. The summed E-state index contributed by atoms with van der Waals surface area (Å²) in [4.78, 5) is 1.89. The second-order valence-corrected chi connectivity index (χ2v) is 2.43. The van der Waals surface area contributed by atoms with Gasteiger partial charge < -0.3 is 10.2 Å². The van der Waals surface area contributed by atoms with Gasteiger partial charge >= 0.3 is 0 Å². The minimum atomic E-state index is 0.275. The molecule has 0 aromatic carbocycles. The van der Waals surface area contributed by atoms with Crippen molar-refractivity contribution in [2.24, 2.45) is 0 Å². The maximum atomic E-state index is 7.10. The Hall–Kier alpha value is -0.350. The molecule has 0 unspecified atom stereocenters. The fourth-order valence-electron chi connectivity index (χ4n) is 0.868. The van der Waals surface area contributed by atoms with Gasteiger partial charge in [0, 0.05) is 26.2 Å². The summed E-state index contributed by atoms with van der Waals surface area (Å²) < 4.78 is 0. The van der Waals surface area contributed by atoms with Gasteiger partial charge in [0.25, 0.3) is 0 Å². The summed E-state index contributed by atoms with van der Waals surface area (Å²) >= 11 is 4.68. The molecule has 2 N–H and O–H groups in total. The van der Waals surface area contributed by atoms with Gasteiger partial charge in [-0.3, -0.25) is 5.73 Å². The summed E-state index contributed by atoms with van der Waals surface area (Å²) in [6.45, 7) is 3.70.